The van der Waals surface area contributed by atoms with Gasteiger partial charge in [0.25, 0.3) is 0 Å². The lowest BCUT2D eigenvalue weighted by atomic mass is 10.1. The number of imidazole rings is 1. The highest BCUT2D eigenvalue weighted by atomic mass is 32.1. The van der Waals surface area contributed by atoms with E-state index in [1.54, 1.807) is 12.5 Å². The number of likely N-dealkylation sites (tertiary alicyclic amines) is 1. The number of nitrogens with zero attached hydrogens (tertiary/aromatic N) is 5. The molecule has 0 atom stereocenters. The first kappa shape index (κ1) is 12.6. The number of hydrogen-bond donors (Lipinski definition) is 1. The SMILES string of the molecule is c1cn(-c2nsnc2NCCN2CCCCC2)cn1. The van der Waals surface area contributed by atoms with E-state index in [-0.39, 0.29) is 0 Å². The number of rotatable bonds is 5. The lowest BCUT2D eigenvalue weighted by Crippen LogP contribution is -2.33. The second-order valence-electron chi connectivity index (χ2n) is 4.74. The predicted molar refractivity (Wildman–Crippen MR) is 75.8 cm³/mol. The van der Waals surface area contributed by atoms with Crippen LogP contribution in [-0.2, 0) is 0 Å². The summed E-state index contributed by atoms with van der Waals surface area (Å²) in [6.45, 7) is 4.44. The van der Waals surface area contributed by atoms with E-state index in [2.05, 4.69) is 23.9 Å². The first-order valence-corrected chi connectivity index (χ1v) is 7.43. The molecule has 19 heavy (non-hydrogen) atoms. The van der Waals surface area contributed by atoms with Gasteiger partial charge in [-0.1, -0.05) is 6.42 Å². The van der Waals surface area contributed by atoms with Gasteiger partial charge in [0.2, 0.25) is 0 Å². The Kier molecular flexibility index (Phi) is 4.04. The van der Waals surface area contributed by atoms with E-state index in [9.17, 15) is 0 Å². The molecule has 2 aromatic rings. The predicted octanol–water partition coefficient (Wildman–Crippen LogP) is 1.62. The van der Waals surface area contributed by atoms with Crippen molar-refractivity contribution in [2.24, 2.45) is 0 Å². The van der Waals surface area contributed by atoms with Crippen LogP contribution in [0.25, 0.3) is 5.82 Å². The molecule has 102 valence electrons. The molecule has 0 spiro atoms. The molecule has 0 bridgehead atoms. The van der Waals surface area contributed by atoms with Gasteiger partial charge >= 0.3 is 0 Å². The molecule has 3 heterocycles. The highest BCUT2D eigenvalue weighted by molar-refractivity contribution is 6.99. The van der Waals surface area contributed by atoms with Crippen LogP contribution in [0.1, 0.15) is 19.3 Å². The van der Waals surface area contributed by atoms with Gasteiger partial charge < -0.3 is 10.2 Å². The summed E-state index contributed by atoms with van der Waals surface area (Å²) in [5.74, 6) is 1.68. The summed E-state index contributed by atoms with van der Waals surface area (Å²) >= 11 is 1.23. The quantitative estimate of drug-likeness (QED) is 0.900. The van der Waals surface area contributed by atoms with E-state index < -0.39 is 0 Å². The van der Waals surface area contributed by atoms with Gasteiger partial charge in [-0.15, -0.1) is 0 Å². The number of anilines is 1. The molecule has 0 amide bonds. The van der Waals surface area contributed by atoms with Gasteiger partial charge in [0.15, 0.2) is 11.6 Å². The Morgan fingerprint density at radius 2 is 2.11 bits per heavy atom. The summed E-state index contributed by atoms with van der Waals surface area (Å²) in [7, 11) is 0. The van der Waals surface area contributed by atoms with E-state index in [4.69, 9.17) is 0 Å². The van der Waals surface area contributed by atoms with Crippen molar-refractivity contribution in [3.8, 4) is 5.82 Å². The van der Waals surface area contributed by atoms with Crippen LogP contribution in [0.15, 0.2) is 18.7 Å². The molecule has 1 aliphatic heterocycles. The molecular weight excluding hydrogens is 260 g/mol. The highest BCUT2D eigenvalue weighted by Crippen LogP contribution is 2.16. The monoisotopic (exact) mass is 278 g/mol. The van der Waals surface area contributed by atoms with Crippen LogP contribution >= 0.6 is 11.7 Å². The van der Waals surface area contributed by atoms with E-state index in [1.165, 1.54) is 44.1 Å². The molecule has 6 nitrogen and oxygen atoms in total. The van der Waals surface area contributed by atoms with Crippen LogP contribution in [0.4, 0.5) is 5.82 Å². The zero-order chi connectivity index (χ0) is 12.9. The third-order valence-electron chi connectivity index (χ3n) is 3.39. The summed E-state index contributed by atoms with van der Waals surface area (Å²) in [4.78, 5) is 6.54. The maximum absolute atomic E-state index is 4.31. The van der Waals surface area contributed by atoms with Gasteiger partial charge in [-0.2, -0.15) is 8.75 Å². The molecule has 0 saturated carbocycles. The Hall–Kier alpha value is -1.47. The minimum atomic E-state index is 0.834. The Morgan fingerprint density at radius 3 is 2.89 bits per heavy atom. The van der Waals surface area contributed by atoms with Gasteiger partial charge in [0.05, 0.1) is 11.7 Å². The maximum atomic E-state index is 4.31. The highest BCUT2D eigenvalue weighted by Gasteiger charge is 2.12. The maximum Gasteiger partial charge on any atom is 0.196 e. The van der Waals surface area contributed by atoms with Crippen molar-refractivity contribution in [3.63, 3.8) is 0 Å². The van der Waals surface area contributed by atoms with Crippen molar-refractivity contribution >= 4 is 17.5 Å². The lowest BCUT2D eigenvalue weighted by Gasteiger charge is -2.26. The van der Waals surface area contributed by atoms with E-state index >= 15 is 0 Å². The average Bonchev–Trinajstić information content (AvgIpc) is 3.10. The normalized spacial score (nSPS) is 16.6. The van der Waals surface area contributed by atoms with Gasteiger partial charge in [0, 0.05) is 25.5 Å². The van der Waals surface area contributed by atoms with E-state index in [1.807, 2.05) is 10.8 Å². The van der Waals surface area contributed by atoms with Crippen molar-refractivity contribution in [2.45, 2.75) is 19.3 Å². The largest absolute Gasteiger partial charge is 0.365 e. The van der Waals surface area contributed by atoms with E-state index in [0.717, 1.165) is 24.7 Å². The van der Waals surface area contributed by atoms with Crippen LogP contribution in [-0.4, -0.2) is 49.4 Å². The zero-order valence-electron chi connectivity index (χ0n) is 10.8. The first-order valence-electron chi connectivity index (χ1n) is 6.70. The Morgan fingerprint density at radius 1 is 1.21 bits per heavy atom. The minimum Gasteiger partial charge on any atom is -0.365 e. The standard InChI is InChI=1S/C12H18N6S/c1-2-6-17(7-3-1)8-5-14-11-12(16-19-15-11)18-9-4-13-10-18/h4,9-10H,1-3,5-8H2,(H,14,15). The lowest BCUT2D eigenvalue weighted by molar-refractivity contribution is 0.237. The van der Waals surface area contributed by atoms with Gasteiger partial charge in [0.1, 0.15) is 6.33 Å². The molecule has 0 radical (unpaired) electrons. The minimum absolute atomic E-state index is 0.834. The van der Waals surface area contributed by atoms with Crippen molar-refractivity contribution < 1.29 is 0 Å². The summed E-state index contributed by atoms with van der Waals surface area (Å²) in [5.41, 5.74) is 0. The number of hydrogen-bond acceptors (Lipinski definition) is 6. The molecule has 1 aliphatic rings. The van der Waals surface area contributed by atoms with Crippen LogP contribution in [0, 0.1) is 0 Å². The molecule has 1 N–H and O–H groups in total. The fraction of sp³-hybridized carbons (Fsp3) is 0.583. The van der Waals surface area contributed by atoms with Gasteiger partial charge in [-0.05, 0) is 25.9 Å². The fourth-order valence-corrected chi connectivity index (χ4v) is 2.89. The average molecular weight is 278 g/mol. The molecule has 3 rings (SSSR count). The van der Waals surface area contributed by atoms with Crippen molar-refractivity contribution in [3.05, 3.63) is 18.7 Å². The van der Waals surface area contributed by atoms with Crippen LogP contribution in [0.2, 0.25) is 0 Å². The molecule has 1 saturated heterocycles. The number of nitrogens with one attached hydrogen (secondary N) is 1. The Balaban J connectivity index is 1.54. The van der Waals surface area contributed by atoms with Crippen molar-refractivity contribution in [1.29, 1.82) is 0 Å². The Bertz CT molecular complexity index is 488. The second kappa shape index (κ2) is 6.12. The molecule has 7 heteroatoms. The molecular formula is C12H18N6S. The van der Waals surface area contributed by atoms with Gasteiger partial charge in [-0.25, -0.2) is 4.98 Å². The zero-order valence-corrected chi connectivity index (χ0v) is 11.6. The third-order valence-corrected chi connectivity index (χ3v) is 3.91. The number of aromatic nitrogens is 4. The number of piperidine rings is 1. The fourth-order valence-electron chi connectivity index (χ4n) is 2.36. The van der Waals surface area contributed by atoms with E-state index in [0.29, 0.717) is 0 Å². The molecule has 1 fully saturated rings. The van der Waals surface area contributed by atoms with Crippen molar-refractivity contribution in [1.82, 2.24) is 23.2 Å². The van der Waals surface area contributed by atoms with Crippen LogP contribution in [0.3, 0.4) is 0 Å². The van der Waals surface area contributed by atoms with Crippen LogP contribution < -0.4 is 5.32 Å². The first-order chi connectivity index (χ1) is 9.43. The summed E-state index contributed by atoms with van der Waals surface area (Å²) in [6.07, 6.45) is 9.41. The summed E-state index contributed by atoms with van der Waals surface area (Å²) in [5, 5.41) is 3.38. The van der Waals surface area contributed by atoms with Crippen LogP contribution in [0.5, 0.6) is 0 Å². The third kappa shape index (κ3) is 3.10. The molecule has 0 aliphatic carbocycles. The summed E-state index contributed by atoms with van der Waals surface area (Å²) < 4.78 is 10.5. The molecule has 2 aromatic heterocycles. The second-order valence-corrected chi connectivity index (χ2v) is 5.26. The topological polar surface area (TPSA) is 58.9 Å². The molecule has 0 unspecified atom stereocenters. The van der Waals surface area contributed by atoms with Crippen molar-refractivity contribution in [2.75, 3.05) is 31.5 Å². The van der Waals surface area contributed by atoms with Gasteiger partial charge in [-0.3, -0.25) is 4.57 Å². The smallest absolute Gasteiger partial charge is 0.196 e. The summed E-state index contributed by atoms with van der Waals surface area (Å²) in [6, 6.07) is 0. The Labute approximate surface area is 116 Å². The molecule has 0 aromatic carbocycles.